The van der Waals surface area contributed by atoms with Gasteiger partial charge in [-0.1, -0.05) is 75.5 Å². The average Bonchev–Trinajstić information content (AvgIpc) is 2.59. The van der Waals surface area contributed by atoms with Crippen LogP contribution in [0.1, 0.15) is 104 Å². The summed E-state index contributed by atoms with van der Waals surface area (Å²) in [4.78, 5) is 0. The summed E-state index contributed by atoms with van der Waals surface area (Å²) in [6.45, 7) is 6.88. The first-order valence-electron chi connectivity index (χ1n) is 10.7. The van der Waals surface area contributed by atoms with Crippen molar-refractivity contribution in [1.29, 1.82) is 5.26 Å². The van der Waals surface area contributed by atoms with E-state index in [1.165, 1.54) is 77.0 Å². The Morgan fingerprint density at radius 3 is 2.08 bits per heavy atom. The minimum absolute atomic E-state index is 0.303. The molecule has 3 unspecified atom stereocenters. The minimum Gasteiger partial charge on any atom is -0.198 e. The van der Waals surface area contributed by atoms with Crippen LogP contribution in [0.25, 0.3) is 0 Å². The molecule has 1 aliphatic carbocycles. The molecule has 0 heterocycles. The molecular weight excluding hydrogens is 405 g/mol. The fraction of sp³-hybridized carbons (Fsp3) is 0.955. The van der Waals surface area contributed by atoms with Crippen LogP contribution in [0.3, 0.4) is 0 Å². The highest BCUT2D eigenvalue weighted by Gasteiger charge is 2.28. The summed E-state index contributed by atoms with van der Waals surface area (Å²) < 4.78 is 0.913. The minimum atomic E-state index is 0.303. The number of hydrogen-bond acceptors (Lipinski definition) is 1. The van der Waals surface area contributed by atoms with E-state index >= 15 is 0 Å². The first-order chi connectivity index (χ1) is 11.7. The molecule has 0 amide bonds. The Morgan fingerprint density at radius 2 is 1.54 bits per heavy atom. The van der Waals surface area contributed by atoms with Crippen molar-refractivity contribution in [2.45, 2.75) is 108 Å². The van der Waals surface area contributed by atoms with Crippen LogP contribution in [0.5, 0.6) is 0 Å². The maximum absolute atomic E-state index is 9.76. The average molecular weight is 445 g/mol. The van der Waals surface area contributed by atoms with E-state index in [9.17, 15) is 5.26 Å². The van der Waals surface area contributed by atoms with Gasteiger partial charge in [-0.3, -0.25) is 0 Å². The summed E-state index contributed by atoms with van der Waals surface area (Å²) in [6, 6.07) is 2.70. The van der Waals surface area contributed by atoms with Crippen LogP contribution in [0.2, 0.25) is 0 Å². The number of nitrogens with zero attached hydrogens (tertiary/aromatic N) is 1. The van der Waals surface area contributed by atoms with Gasteiger partial charge in [0.2, 0.25) is 0 Å². The molecule has 2 heteroatoms. The van der Waals surface area contributed by atoms with Gasteiger partial charge in [-0.15, -0.1) is 0 Å². The third kappa shape index (κ3) is 8.07. The molecule has 0 aromatic rings. The molecule has 0 aromatic heterocycles. The Bertz CT molecular complexity index is 340. The molecule has 1 aliphatic rings. The van der Waals surface area contributed by atoms with Crippen LogP contribution in [0, 0.1) is 35.0 Å². The monoisotopic (exact) mass is 445 g/mol. The van der Waals surface area contributed by atoms with Crippen LogP contribution < -0.4 is 0 Å². The Labute approximate surface area is 165 Å². The Hall–Kier alpha value is 0.220. The van der Waals surface area contributed by atoms with E-state index in [-0.39, 0.29) is 0 Å². The Kier molecular flexibility index (Phi) is 12.5. The van der Waals surface area contributed by atoms with Crippen LogP contribution in [0.15, 0.2) is 0 Å². The molecule has 0 radical (unpaired) electrons. The molecule has 0 bridgehead atoms. The summed E-state index contributed by atoms with van der Waals surface area (Å²) in [6.07, 6.45) is 17.1. The van der Waals surface area contributed by atoms with Crippen molar-refractivity contribution in [2.75, 3.05) is 0 Å². The smallest absolute Gasteiger partial charge is 0.0658 e. The van der Waals surface area contributed by atoms with Crippen LogP contribution >= 0.6 is 22.6 Å². The second-order valence-corrected chi connectivity index (χ2v) is 9.83. The number of halogens is 1. The molecule has 0 spiro atoms. The van der Waals surface area contributed by atoms with Crippen molar-refractivity contribution in [3.05, 3.63) is 0 Å². The summed E-state index contributed by atoms with van der Waals surface area (Å²) in [5, 5.41) is 9.76. The first kappa shape index (κ1) is 22.3. The van der Waals surface area contributed by atoms with Gasteiger partial charge >= 0.3 is 0 Å². The van der Waals surface area contributed by atoms with Crippen LogP contribution in [-0.2, 0) is 0 Å². The second-order valence-electron chi connectivity index (χ2n) is 8.06. The zero-order valence-corrected chi connectivity index (χ0v) is 18.6. The van der Waals surface area contributed by atoms with E-state index < -0.39 is 0 Å². The van der Waals surface area contributed by atoms with Gasteiger partial charge in [0.05, 0.1) is 6.07 Å². The molecular formula is C22H40IN. The lowest BCUT2D eigenvalue weighted by Crippen LogP contribution is -2.23. The maximum atomic E-state index is 9.76. The fourth-order valence-corrected chi connectivity index (χ4v) is 5.44. The molecule has 0 aromatic carbocycles. The molecule has 1 nitrogen and oxygen atoms in total. The van der Waals surface area contributed by atoms with Crippen molar-refractivity contribution in [3.63, 3.8) is 0 Å². The van der Waals surface area contributed by atoms with E-state index in [0.717, 1.165) is 22.2 Å². The second kappa shape index (κ2) is 13.4. The topological polar surface area (TPSA) is 23.8 Å². The molecule has 0 saturated heterocycles. The van der Waals surface area contributed by atoms with Crippen molar-refractivity contribution in [3.8, 4) is 6.07 Å². The third-order valence-electron chi connectivity index (χ3n) is 6.20. The molecule has 0 aliphatic heterocycles. The van der Waals surface area contributed by atoms with Gasteiger partial charge in [0.25, 0.3) is 0 Å². The van der Waals surface area contributed by atoms with Crippen molar-refractivity contribution in [1.82, 2.24) is 0 Å². The number of alkyl halides is 1. The van der Waals surface area contributed by atoms with E-state index in [4.69, 9.17) is 0 Å². The molecule has 0 N–H and O–H groups in total. The highest BCUT2D eigenvalue weighted by Crippen LogP contribution is 2.39. The highest BCUT2D eigenvalue weighted by atomic mass is 127. The number of nitriles is 1. The van der Waals surface area contributed by atoms with Crippen molar-refractivity contribution < 1.29 is 0 Å². The summed E-state index contributed by atoms with van der Waals surface area (Å²) in [5.41, 5.74) is 0. The lowest BCUT2D eigenvalue weighted by Gasteiger charge is -2.33. The Balaban J connectivity index is 2.56. The number of unbranched alkanes of at least 4 members (excludes halogenated alkanes) is 1. The zero-order chi connectivity index (χ0) is 17.8. The predicted molar refractivity (Wildman–Crippen MR) is 114 cm³/mol. The zero-order valence-electron chi connectivity index (χ0n) is 16.4. The molecule has 140 valence electrons. The van der Waals surface area contributed by atoms with Gasteiger partial charge in [-0.2, -0.15) is 5.26 Å². The largest absolute Gasteiger partial charge is 0.198 e. The lowest BCUT2D eigenvalue weighted by atomic mass is 9.74. The molecule has 1 saturated carbocycles. The molecule has 1 rings (SSSR count). The number of hydrogen-bond donors (Lipinski definition) is 0. The van der Waals surface area contributed by atoms with Gasteiger partial charge < -0.3 is 0 Å². The van der Waals surface area contributed by atoms with Crippen molar-refractivity contribution in [2.24, 2.45) is 23.7 Å². The lowest BCUT2D eigenvalue weighted by molar-refractivity contribution is 0.207. The van der Waals surface area contributed by atoms with Gasteiger partial charge in [0.1, 0.15) is 0 Å². The van der Waals surface area contributed by atoms with Crippen molar-refractivity contribution >= 4 is 22.6 Å². The Morgan fingerprint density at radius 1 is 0.875 bits per heavy atom. The fourth-order valence-electron chi connectivity index (χ4n) is 4.72. The van der Waals surface area contributed by atoms with E-state index in [1.54, 1.807) is 0 Å². The summed E-state index contributed by atoms with van der Waals surface area (Å²) in [7, 11) is 0. The highest BCUT2D eigenvalue weighted by molar-refractivity contribution is 14.1. The van der Waals surface area contributed by atoms with E-state index in [1.807, 2.05) is 0 Å². The van der Waals surface area contributed by atoms with Gasteiger partial charge in [-0.05, 0) is 69.1 Å². The van der Waals surface area contributed by atoms with Gasteiger partial charge in [0.15, 0.2) is 0 Å². The standard InChI is InChI=1S/C22H40IN/c1-4-7-10-18(8-5-2)21(17-24)12-11-19(9-6-3)20-13-15-22(23)16-14-20/h18-22H,4-16H2,1-3H3. The van der Waals surface area contributed by atoms with Gasteiger partial charge in [0, 0.05) is 9.84 Å². The first-order valence-corrected chi connectivity index (χ1v) is 11.9. The molecule has 3 atom stereocenters. The SMILES string of the molecule is CCCCC(CCC)C(C#N)CCC(CCC)C1CCC(I)CC1. The maximum Gasteiger partial charge on any atom is 0.0658 e. The van der Waals surface area contributed by atoms with E-state index in [2.05, 4.69) is 49.4 Å². The molecule has 24 heavy (non-hydrogen) atoms. The third-order valence-corrected chi connectivity index (χ3v) is 7.44. The van der Waals surface area contributed by atoms with Crippen LogP contribution in [-0.4, -0.2) is 3.92 Å². The normalized spacial score (nSPS) is 25.0. The predicted octanol–water partition coefficient (Wildman–Crippen LogP) is 7.92. The number of rotatable bonds is 12. The molecule has 1 fully saturated rings. The van der Waals surface area contributed by atoms with Gasteiger partial charge in [-0.25, -0.2) is 0 Å². The van der Waals surface area contributed by atoms with Crippen LogP contribution in [0.4, 0.5) is 0 Å². The summed E-state index contributed by atoms with van der Waals surface area (Å²) in [5.74, 6) is 2.77. The quantitative estimate of drug-likeness (QED) is 0.221. The van der Waals surface area contributed by atoms with E-state index in [0.29, 0.717) is 11.8 Å². The summed E-state index contributed by atoms with van der Waals surface area (Å²) >= 11 is 2.64.